The Bertz CT molecular complexity index is 1110. The number of hydrogen-bond donors (Lipinski definition) is 1. The largest absolute Gasteiger partial charge is 0.295 e. The molecule has 4 rings (SSSR count). The van der Waals surface area contributed by atoms with Crippen molar-refractivity contribution in [3.63, 3.8) is 0 Å². The Labute approximate surface area is 145 Å². The second-order valence-corrected chi connectivity index (χ2v) is 5.98. The molecule has 1 N–H and O–H groups in total. The molecule has 0 aliphatic rings. The minimum absolute atomic E-state index is 0.147. The van der Waals surface area contributed by atoms with Crippen LogP contribution in [0.5, 0.6) is 0 Å². The molecule has 7 nitrogen and oxygen atoms in total. The molecule has 2 aromatic heterocycles. The van der Waals surface area contributed by atoms with E-state index in [1.165, 1.54) is 21.5 Å². The molecule has 0 aliphatic heterocycles. The SMILES string of the molecule is O=C(Nc1nncs1)c1nn(-c2ccccc2)c(=O)c2ccccc12. The Balaban J connectivity index is 1.92. The summed E-state index contributed by atoms with van der Waals surface area (Å²) in [5.41, 5.74) is 1.97. The molecule has 2 heterocycles. The van der Waals surface area contributed by atoms with Crippen molar-refractivity contribution in [2.45, 2.75) is 0 Å². The van der Waals surface area contributed by atoms with Gasteiger partial charge in [0.15, 0.2) is 5.69 Å². The summed E-state index contributed by atoms with van der Waals surface area (Å²) in [7, 11) is 0. The van der Waals surface area contributed by atoms with Crippen LogP contribution in [0.1, 0.15) is 10.5 Å². The van der Waals surface area contributed by atoms with Gasteiger partial charge in [-0.2, -0.15) is 9.78 Å². The van der Waals surface area contributed by atoms with E-state index >= 15 is 0 Å². The number of rotatable bonds is 3. The molecule has 4 aromatic rings. The normalized spacial score (nSPS) is 10.7. The molecular formula is C17H11N5O2S. The molecule has 0 unspecified atom stereocenters. The molecule has 25 heavy (non-hydrogen) atoms. The first-order valence-corrected chi connectivity index (χ1v) is 8.27. The van der Waals surface area contributed by atoms with Gasteiger partial charge in [0.05, 0.1) is 11.1 Å². The van der Waals surface area contributed by atoms with Crippen molar-refractivity contribution in [2.24, 2.45) is 0 Å². The van der Waals surface area contributed by atoms with E-state index < -0.39 is 5.91 Å². The number of anilines is 1. The lowest BCUT2D eigenvalue weighted by atomic mass is 10.1. The third-order valence-corrected chi connectivity index (χ3v) is 4.21. The number of nitrogens with zero attached hydrogens (tertiary/aromatic N) is 4. The molecule has 0 aliphatic carbocycles. The molecule has 1 amide bonds. The Kier molecular flexibility index (Phi) is 3.79. The number of carbonyl (C=O) groups excluding carboxylic acids is 1. The number of fused-ring (bicyclic) bond motifs is 1. The summed E-state index contributed by atoms with van der Waals surface area (Å²) in [5.74, 6) is -0.447. The van der Waals surface area contributed by atoms with E-state index in [-0.39, 0.29) is 11.3 Å². The summed E-state index contributed by atoms with van der Waals surface area (Å²) in [6.07, 6.45) is 0. The van der Waals surface area contributed by atoms with Gasteiger partial charge in [-0.05, 0) is 18.2 Å². The van der Waals surface area contributed by atoms with Crippen LogP contribution in [-0.2, 0) is 0 Å². The molecule has 122 valence electrons. The molecule has 0 fully saturated rings. The topological polar surface area (TPSA) is 89.8 Å². The predicted octanol–water partition coefficient (Wildman–Crippen LogP) is 2.49. The Morgan fingerprint density at radius 2 is 1.72 bits per heavy atom. The molecule has 0 spiro atoms. The van der Waals surface area contributed by atoms with Gasteiger partial charge in [0.2, 0.25) is 5.13 Å². The minimum atomic E-state index is -0.447. The lowest BCUT2D eigenvalue weighted by Gasteiger charge is -2.10. The van der Waals surface area contributed by atoms with Gasteiger partial charge in [0, 0.05) is 5.39 Å². The predicted molar refractivity (Wildman–Crippen MR) is 95.2 cm³/mol. The number of nitrogens with one attached hydrogen (secondary N) is 1. The fraction of sp³-hybridized carbons (Fsp3) is 0. The van der Waals surface area contributed by atoms with E-state index in [0.29, 0.717) is 21.6 Å². The first-order chi connectivity index (χ1) is 12.2. The molecule has 0 saturated carbocycles. The van der Waals surface area contributed by atoms with Crippen molar-refractivity contribution in [3.8, 4) is 5.69 Å². The average molecular weight is 349 g/mol. The van der Waals surface area contributed by atoms with Crippen LogP contribution < -0.4 is 10.9 Å². The van der Waals surface area contributed by atoms with Crippen molar-refractivity contribution in [3.05, 3.63) is 76.2 Å². The van der Waals surface area contributed by atoms with Gasteiger partial charge in [-0.25, -0.2) is 0 Å². The van der Waals surface area contributed by atoms with E-state index in [0.717, 1.165) is 0 Å². The summed E-state index contributed by atoms with van der Waals surface area (Å²) in [6, 6.07) is 15.9. The van der Waals surface area contributed by atoms with Crippen LogP contribution in [0.2, 0.25) is 0 Å². The van der Waals surface area contributed by atoms with Crippen molar-refractivity contribution in [1.82, 2.24) is 20.0 Å². The number of benzene rings is 2. The van der Waals surface area contributed by atoms with Crippen molar-refractivity contribution in [1.29, 1.82) is 0 Å². The van der Waals surface area contributed by atoms with E-state index in [1.54, 1.807) is 48.5 Å². The molecule has 8 heteroatoms. The maximum atomic E-state index is 12.8. The zero-order valence-electron chi connectivity index (χ0n) is 12.8. The molecule has 0 saturated heterocycles. The van der Waals surface area contributed by atoms with Gasteiger partial charge in [-0.15, -0.1) is 10.2 Å². The van der Waals surface area contributed by atoms with E-state index in [4.69, 9.17) is 0 Å². The summed E-state index contributed by atoms with van der Waals surface area (Å²) >= 11 is 1.20. The third kappa shape index (κ3) is 2.79. The highest BCUT2D eigenvalue weighted by molar-refractivity contribution is 7.13. The zero-order chi connectivity index (χ0) is 17.2. The molecule has 0 bridgehead atoms. The number of carbonyl (C=O) groups is 1. The Morgan fingerprint density at radius 3 is 2.44 bits per heavy atom. The van der Waals surface area contributed by atoms with Gasteiger partial charge in [-0.1, -0.05) is 47.7 Å². The van der Waals surface area contributed by atoms with Gasteiger partial charge >= 0.3 is 0 Å². The van der Waals surface area contributed by atoms with Crippen LogP contribution in [0.15, 0.2) is 64.9 Å². The van der Waals surface area contributed by atoms with Crippen molar-refractivity contribution < 1.29 is 4.79 Å². The van der Waals surface area contributed by atoms with Gasteiger partial charge < -0.3 is 0 Å². The quantitative estimate of drug-likeness (QED) is 0.614. The Hall–Kier alpha value is -3.39. The number of hydrogen-bond acceptors (Lipinski definition) is 6. The van der Waals surface area contributed by atoms with Crippen LogP contribution in [-0.4, -0.2) is 25.9 Å². The molecular weight excluding hydrogens is 338 g/mol. The Morgan fingerprint density at radius 1 is 1.00 bits per heavy atom. The molecule has 2 aromatic carbocycles. The number of aromatic nitrogens is 4. The maximum Gasteiger partial charge on any atom is 0.279 e. The second-order valence-electron chi connectivity index (χ2n) is 5.14. The highest BCUT2D eigenvalue weighted by Gasteiger charge is 2.18. The highest BCUT2D eigenvalue weighted by atomic mass is 32.1. The fourth-order valence-corrected chi connectivity index (χ4v) is 2.93. The molecule has 0 atom stereocenters. The van der Waals surface area contributed by atoms with Crippen molar-refractivity contribution in [2.75, 3.05) is 5.32 Å². The van der Waals surface area contributed by atoms with E-state index in [9.17, 15) is 9.59 Å². The van der Waals surface area contributed by atoms with E-state index in [1.807, 2.05) is 6.07 Å². The number of para-hydroxylation sites is 1. The first-order valence-electron chi connectivity index (χ1n) is 7.39. The molecule has 0 radical (unpaired) electrons. The first kappa shape index (κ1) is 15.2. The minimum Gasteiger partial charge on any atom is -0.295 e. The van der Waals surface area contributed by atoms with Crippen LogP contribution in [0.3, 0.4) is 0 Å². The van der Waals surface area contributed by atoms with Crippen LogP contribution in [0.25, 0.3) is 16.5 Å². The van der Waals surface area contributed by atoms with Gasteiger partial charge in [0.25, 0.3) is 11.5 Å². The van der Waals surface area contributed by atoms with Crippen LogP contribution in [0, 0.1) is 0 Å². The summed E-state index contributed by atoms with van der Waals surface area (Å²) in [5, 5.41) is 15.7. The van der Waals surface area contributed by atoms with Gasteiger partial charge in [-0.3, -0.25) is 14.9 Å². The zero-order valence-corrected chi connectivity index (χ0v) is 13.6. The summed E-state index contributed by atoms with van der Waals surface area (Å²) in [6.45, 7) is 0. The van der Waals surface area contributed by atoms with Crippen LogP contribution >= 0.6 is 11.3 Å². The van der Waals surface area contributed by atoms with Crippen LogP contribution in [0.4, 0.5) is 5.13 Å². The van der Waals surface area contributed by atoms with Gasteiger partial charge in [0.1, 0.15) is 5.51 Å². The summed E-state index contributed by atoms with van der Waals surface area (Å²) < 4.78 is 1.23. The fourth-order valence-electron chi connectivity index (χ4n) is 2.49. The average Bonchev–Trinajstić information content (AvgIpc) is 3.16. The second kappa shape index (κ2) is 6.25. The van der Waals surface area contributed by atoms with Crippen molar-refractivity contribution >= 4 is 33.1 Å². The third-order valence-electron chi connectivity index (χ3n) is 3.60. The lowest BCUT2D eigenvalue weighted by Crippen LogP contribution is -2.26. The maximum absolute atomic E-state index is 12.8. The number of amides is 1. The standard InChI is InChI=1S/C17H11N5O2S/c23-15(19-17-20-18-10-25-17)14-12-8-4-5-9-13(12)16(24)22(21-14)11-6-2-1-3-7-11/h1-10H,(H,19,20,23). The summed E-state index contributed by atoms with van der Waals surface area (Å²) in [4.78, 5) is 25.4. The van der Waals surface area contributed by atoms with E-state index in [2.05, 4.69) is 20.6 Å². The highest BCUT2D eigenvalue weighted by Crippen LogP contribution is 2.17. The smallest absolute Gasteiger partial charge is 0.279 e. The monoisotopic (exact) mass is 349 g/mol. The lowest BCUT2D eigenvalue weighted by molar-refractivity contribution is 0.102.